The van der Waals surface area contributed by atoms with Gasteiger partial charge in [0, 0.05) is 6.54 Å². The van der Waals surface area contributed by atoms with Crippen LogP contribution in [0.1, 0.15) is 50.3 Å². The van der Waals surface area contributed by atoms with Gasteiger partial charge in [0.05, 0.1) is 31.5 Å². The maximum absolute atomic E-state index is 5.75. The van der Waals surface area contributed by atoms with Crippen molar-refractivity contribution in [3.05, 3.63) is 47.7 Å². The van der Waals surface area contributed by atoms with Crippen LogP contribution in [0.2, 0.25) is 0 Å². The molecule has 0 bridgehead atoms. The molecular formula is C19H32N2O2S. The van der Waals surface area contributed by atoms with Crippen molar-refractivity contribution in [2.45, 2.75) is 46.1 Å². The van der Waals surface area contributed by atoms with Crippen LogP contribution < -0.4 is 10.0 Å². The third-order valence-electron chi connectivity index (χ3n) is 3.57. The van der Waals surface area contributed by atoms with Gasteiger partial charge in [-0.2, -0.15) is 0 Å². The Labute approximate surface area is 151 Å². The van der Waals surface area contributed by atoms with Crippen LogP contribution in [0.4, 0.5) is 0 Å². The van der Waals surface area contributed by atoms with Crippen molar-refractivity contribution in [2.24, 2.45) is 0 Å². The molecule has 0 spiro atoms. The van der Waals surface area contributed by atoms with Crippen LogP contribution in [0.3, 0.4) is 0 Å². The number of unbranched alkanes of at least 4 members (excludes halogenated alkanes) is 2. The SMILES string of the molecule is C=C(CNCCCCCNSOC(C)c1cccc(C)c1)OCC. The van der Waals surface area contributed by atoms with E-state index in [-0.39, 0.29) is 6.10 Å². The normalized spacial score (nSPS) is 12.1. The van der Waals surface area contributed by atoms with Gasteiger partial charge in [-0.15, -0.1) is 0 Å². The second kappa shape index (κ2) is 13.3. The quantitative estimate of drug-likeness (QED) is 0.223. The van der Waals surface area contributed by atoms with E-state index >= 15 is 0 Å². The number of ether oxygens (including phenoxy) is 1. The summed E-state index contributed by atoms with van der Waals surface area (Å²) in [6.07, 6.45) is 3.58. The molecule has 0 radical (unpaired) electrons. The van der Waals surface area contributed by atoms with Gasteiger partial charge >= 0.3 is 0 Å². The highest BCUT2D eigenvalue weighted by atomic mass is 32.2. The molecule has 0 aliphatic heterocycles. The number of hydrogen-bond donors (Lipinski definition) is 2. The summed E-state index contributed by atoms with van der Waals surface area (Å²) in [7, 11) is 0. The highest BCUT2D eigenvalue weighted by Crippen LogP contribution is 2.21. The summed E-state index contributed by atoms with van der Waals surface area (Å²) in [4.78, 5) is 0. The van der Waals surface area contributed by atoms with Crippen molar-refractivity contribution in [3.63, 3.8) is 0 Å². The van der Waals surface area contributed by atoms with Gasteiger partial charge in [-0.25, -0.2) is 4.72 Å². The average molecular weight is 353 g/mol. The van der Waals surface area contributed by atoms with Crippen LogP contribution in [-0.2, 0) is 8.92 Å². The molecule has 0 saturated heterocycles. The Kier molecular flexibility index (Phi) is 11.7. The zero-order valence-electron chi connectivity index (χ0n) is 15.3. The highest BCUT2D eigenvalue weighted by molar-refractivity contribution is 7.92. The molecule has 1 atom stereocenters. The monoisotopic (exact) mass is 352 g/mol. The molecule has 0 heterocycles. The molecular weight excluding hydrogens is 320 g/mol. The molecule has 1 aromatic carbocycles. The van der Waals surface area contributed by atoms with Crippen molar-refractivity contribution < 1.29 is 8.92 Å². The second-order valence-corrected chi connectivity index (χ2v) is 6.49. The smallest absolute Gasteiger partial charge is 0.103 e. The van der Waals surface area contributed by atoms with Crippen molar-refractivity contribution in [1.82, 2.24) is 10.0 Å². The minimum atomic E-state index is 0.0880. The van der Waals surface area contributed by atoms with Gasteiger partial charge in [-0.3, -0.25) is 4.18 Å². The molecule has 1 aromatic rings. The fourth-order valence-electron chi connectivity index (χ4n) is 2.23. The Balaban J connectivity index is 1.93. The van der Waals surface area contributed by atoms with E-state index in [1.165, 1.54) is 29.8 Å². The predicted octanol–water partition coefficient (Wildman–Crippen LogP) is 4.54. The third-order valence-corrected chi connectivity index (χ3v) is 4.27. The zero-order valence-corrected chi connectivity index (χ0v) is 16.1. The molecule has 1 rings (SSSR count). The van der Waals surface area contributed by atoms with Gasteiger partial charge in [0.15, 0.2) is 0 Å². The van der Waals surface area contributed by atoms with Gasteiger partial charge in [0.1, 0.15) is 5.76 Å². The number of hydrogen-bond acceptors (Lipinski definition) is 5. The first-order valence-corrected chi connectivity index (χ1v) is 9.50. The van der Waals surface area contributed by atoms with Crippen LogP contribution in [0.15, 0.2) is 36.6 Å². The maximum Gasteiger partial charge on any atom is 0.103 e. The number of rotatable bonds is 14. The third kappa shape index (κ3) is 9.98. The van der Waals surface area contributed by atoms with Crippen molar-refractivity contribution in [1.29, 1.82) is 0 Å². The second-order valence-electron chi connectivity index (χ2n) is 5.84. The minimum Gasteiger partial charge on any atom is -0.497 e. The van der Waals surface area contributed by atoms with Gasteiger partial charge in [0.25, 0.3) is 0 Å². The Bertz CT molecular complexity index is 468. The average Bonchev–Trinajstić information content (AvgIpc) is 2.56. The summed E-state index contributed by atoms with van der Waals surface area (Å²) in [5, 5.41) is 3.33. The van der Waals surface area contributed by atoms with Gasteiger partial charge in [-0.05, 0) is 45.7 Å². The fourth-order valence-corrected chi connectivity index (χ4v) is 2.78. The summed E-state index contributed by atoms with van der Waals surface area (Å²) in [5.74, 6) is 0.815. The standard InChI is InChI=1S/C19H32N2O2S/c1-5-22-17(3)15-20-12-7-6-8-13-21-24-23-18(4)19-11-9-10-16(2)14-19/h9-11,14,18,20-21H,3,5-8,12-13,15H2,1-2,4H3. The van der Waals surface area contributed by atoms with Gasteiger partial charge < -0.3 is 10.1 Å². The Morgan fingerprint density at radius 3 is 2.79 bits per heavy atom. The lowest BCUT2D eigenvalue weighted by Gasteiger charge is -2.13. The van der Waals surface area contributed by atoms with E-state index in [9.17, 15) is 0 Å². The first kappa shape index (κ1) is 21.0. The van der Waals surface area contributed by atoms with Crippen LogP contribution >= 0.6 is 12.2 Å². The summed E-state index contributed by atoms with van der Waals surface area (Å²) in [6, 6.07) is 8.44. The highest BCUT2D eigenvalue weighted by Gasteiger charge is 2.06. The van der Waals surface area contributed by atoms with Gasteiger partial charge in [-0.1, -0.05) is 42.8 Å². The summed E-state index contributed by atoms with van der Waals surface area (Å²) in [5.41, 5.74) is 2.48. The first-order chi connectivity index (χ1) is 11.6. The lowest BCUT2D eigenvalue weighted by molar-refractivity contribution is 0.222. The molecule has 0 aliphatic carbocycles. The maximum atomic E-state index is 5.75. The Morgan fingerprint density at radius 1 is 1.25 bits per heavy atom. The summed E-state index contributed by atoms with van der Waals surface area (Å²) < 4.78 is 14.3. The van der Waals surface area contributed by atoms with Crippen LogP contribution in [0, 0.1) is 6.92 Å². The van der Waals surface area contributed by atoms with Crippen LogP contribution in [0.5, 0.6) is 0 Å². The lowest BCUT2D eigenvalue weighted by Crippen LogP contribution is -2.19. The molecule has 4 nitrogen and oxygen atoms in total. The van der Waals surface area contributed by atoms with Crippen LogP contribution in [0.25, 0.3) is 0 Å². The molecule has 1 unspecified atom stereocenters. The molecule has 2 N–H and O–H groups in total. The van der Waals surface area contributed by atoms with E-state index in [1.54, 1.807) is 0 Å². The molecule has 0 fully saturated rings. The lowest BCUT2D eigenvalue weighted by atomic mass is 10.1. The van der Waals surface area contributed by atoms with E-state index in [2.05, 4.69) is 54.7 Å². The van der Waals surface area contributed by atoms with E-state index in [4.69, 9.17) is 8.92 Å². The predicted molar refractivity (Wildman–Crippen MR) is 104 cm³/mol. The molecule has 0 aliphatic rings. The number of aryl methyl sites for hydroxylation is 1. The minimum absolute atomic E-state index is 0.0880. The number of nitrogens with one attached hydrogen (secondary N) is 2. The first-order valence-electron chi connectivity index (χ1n) is 8.76. The Hall–Kier alpha value is -1.01. The fraction of sp³-hybridized carbons (Fsp3) is 0.579. The van der Waals surface area contributed by atoms with Crippen molar-refractivity contribution >= 4 is 12.2 Å². The zero-order chi connectivity index (χ0) is 17.6. The van der Waals surface area contributed by atoms with E-state index in [0.717, 1.165) is 38.2 Å². The number of benzene rings is 1. The van der Waals surface area contributed by atoms with Crippen LogP contribution in [-0.4, -0.2) is 26.2 Å². The summed E-state index contributed by atoms with van der Waals surface area (Å²) in [6.45, 7) is 13.4. The molecule has 0 aromatic heterocycles. The van der Waals surface area contributed by atoms with E-state index < -0.39 is 0 Å². The van der Waals surface area contributed by atoms with Crippen molar-refractivity contribution in [2.75, 3.05) is 26.2 Å². The molecule has 136 valence electrons. The summed E-state index contributed by atoms with van der Waals surface area (Å²) >= 11 is 1.35. The molecule has 24 heavy (non-hydrogen) atoms. The van der Waals surface area contributed by atoms with Gasteiger partial charge in [0.2, 0.25) is 0 Å². The molecule has 5 heteroatoms. The molecule has 0 saturated carbocycles. The van der Waals surface area contributed by atoms with E-state index in [0.29, 0.717) is 6.61 Å². The largest absolute Gasteiger partial charge is 0.497 e. The van der Waals surface area contributed by atoms with E-state index in [1.807, 2.05) is 6.92 Å². The van der Waals surface area contributed by atoms with Crippen molar-refractivity contribution in [3.8, 4) is 0 Å². The Morgan fingerprint density at radius 2 is 2.04 bits per heavy atom. The molecule has 0 amide bonds. The topological polar surface area (TPSA) is 42.5 Å².